The molecule has 0 N–H and O–H groups in total. The Hall–Kier alpha value is -2.68. The van der Waals surface area contributed by atoms with Crippen molar-refractivity contribution in [2.45, 2.75) is 6.92 Å². The van der Waals surface area contributed by atoms with Crippen molar-refractivity contribution < 1.29 is 0 Å². The summed E-state index contributed by atoms with van der Waals surface area (Å²) in [5, 5.41) is 1.22. The van der Waals surface area contributed by atoms with Gasteiger partial charge in [0.1, 0.15) is 0 Å². The van der Waals surface area contributed by atoms with Gasteiger partial charge in [-0.1, -0.05) is 29.8 Å². The van der Waals surface area contributed by atoms with Crippen LogP contribution in [-0.2, 0) is 7.05 Å². The van der Waals surface area contributed by atoms with Crippen molar-refractivity contribution in [1.82, 2.24) is 14.5 Å². The highest BCUT2D eigenvalue weighted by Crippen LogP contribution is 2.11. The molecule has 0 aliphatic rings. The predicted molar refractivity (Wildman–Crippen MR) is 87.2 cm³/mol. The number of hydrogen-bond acceptors (Lipinski definition) is 2. The van der Waals surface area contributed by atoms with Crippen molar-refractivity contribution in [3.63, 3.8) is 0 Å². The van der Waals surface area contributed by atoms with E-state index in [9.17, 15) is 0 Å². The Labute approximate surface area is 123 Å². The summed E-state index contributed by atoms with van der Waals surface area (Å²) in [6.07, 6.45) is 3.64. The number of hydrogen-bond donors (Lipinski definition) is 0. The predicted octanol–water partition coefficient (Wildman–Crippen LogP) is 4.12. The third kappa shape index (κ3) is 2.92. The standard InChI is InChI=1S/C10H9N.C8H8N2/c1-8-4-5-10-9(7-8)3-2-6-11-10;1-10-6-9-7-4-2-3-5-8(7)10/h2-7H,1H3;2-6H,1H3. The molecule has 0 unspecified atom stereocenters. The number of benzene rings is 2. The van der Waals surface area contributed by atoms with Crippen molar-refractivity contribution in [2.24, 2.45) is 7.05 Å². The molecule has 0 aliphatic carbocycles. The van der Waals surface area contributed by atoms with E-state index in [1.54, 1.807) is 0 Å². The van der Waals surface area contributed by atoms with E-state index < -0.39 is 0 Å². The minimum Gasteiger partial charge on any atom is -0.334 e. The first-order valence-corrected chi connectivity index (χ1v) is 6.91. The number of pyridine rings is 1. The van der Waals surface area contributed by atoms with Crippen LogP contribution in [0.5, 0.6) is 0 Å². The molecule has 0 atom stereocenters. The average Bonchev–Trinajstić information content (AvgIpc) is 2.90. The van der Waals surface area contributed by atoms with Crippen LogP contribution in [0.25, 0.3) is 21.9 Å². The molecule has 4 aromatic rings. The normalized spacial score (nSPS) is 10.4. The van der Waals surface area contributed by atoms with Crippen LogP contribution in [-0.4, -0.2) is 14.5 Å². The van der Waals surface area contributed by atoms with Gasteiger partial charge in [-0.25, -0.2) is 4.98 Å². The number of aromatic nitrogens is 3. The van der Waals surface area contributed by atoms with Crippen molar-refractivity contribution in [3.05, 3.63) is 72.7 Å². The van der Waals surface area contributed by atoms with Crippen molar-refractivity contribution in [3.8, 4) is 0 Å². The fourth-order valence-corrected chi connectivity index (χ4v) is 2.28. The molecule has 0 fully saturated rings. The van der Waals surface area contributed by atoms with Gasteiger partial charge in [0.15, 0.2) is 0 Å². The molecule has 0 spiro atoms. The third-order valence-corrected chi connectivity index (χ3v) is 3.39. The summed E-state index contributed by atoms with van der Waals surface area (Å²) in [6, 6.07) is 18.4. The first kappa shape index (κ1) is 13.3. The van der Waals surface area contributed by atoms with Gasteiger partial charge in [0.2, 0.25) is 0 Å². The second kappa shape index (κ2) is 5.75. The van der Waals surface area contributed by atoms with E-state index in [4.69, 9.17) is 0 Å². The smallest absolute Gasteiger partial charge is 0.0955 e. The second-order valence-corrected chi connectivity index (χ2v) is 5.04. The van der Waals surface area contributed by atoms with Gasteiger partial charge < -0.3 is 4.57 Å². The monoisotopic (exact) mass is 275 g/mol. The Morgan fingerprint density at radius 3 is 2.57 bits per heavy atom. The summed E-state index contributed by atoms with van der Waals surface area (Å²) >= 11 is 0. The molecule has 21 heavy (non-hydrogen) atoms. The Bertz CT molecular complexity index is 878. The van der Waals surface area contributed by atoms with E-state index in [2.05, 4.69) is 41.2 Å². The Kier molecular flexibility index (Phi) is 3.65. The van der Waals surface area contributed by atoms with Crippen LogP contribution in [0.2, 0.25) is 0 Å². The van der Waals surface area contributed by atoms with Gasteiger partial charge in [0.05, 0.1) is 22.9 Å². The maximum Gasteiger partial charge on any atom is 0.0955 e. The van der Waals surface area contributed by atoms with Gasteiger partial charge in [0, 0.05) is 18.6 Å². The lowest BCUT2D eigenvalue weighted by atomic mass is 10.1. The van der Waals surface area contributed by atoms with Crippen molar-refractivity contribution in [2.75, 3.05) is 0 Å². The molecular formula is C18H17N3. The van der Waals surface area contributed by atoms with Gasteiger partial charge in [-0.3, -0.25) is 4.98 Å². The van der Waals surface area contributed by atoms with Crippen molar-refractivity contribution >= 4 is 21.9 Å². The molecule has 104 valence electrons. The number of rotatable bonds is 0. The number of para-hydroxylation sites is 2. The highest BCUT2D eigenvalue weighted by molar-refractivity contribution is 5.78. The zero-order chi connectivity index (χ0) is 14.7. The van der Waals surface area contributed by atoms with Crippen LogP contribution in [0.4, 0.5) is 0 Å². The zero-order valence-electron chi connectivity index (χ0n) is 12.2. The average molecular weight is 275 g/mol. The summed E-state index contributed by atoms with van der Waals surface area (Å²) in [6.45, 7) is 2.09. The molecule has 2 heterocycles. The Morgan fingerprint density at radius 2 is 1.71 bits per heavy atom. The minimum atomic E-state index is 1.06. The summed E-state index contributed by atoms with van der Waals surface area (Å²) < 4.78 is 2.01. The van der Waals surface area contributed by atoms with E-state index >= 15 is 0 Å². The highest BCUT2D eigenvalue weighted by atomic mass is 15.0. The van der Waals surface area contributed by atoms with Crippen LogP contribution in [0.3, 0.4) is 0 Å². The molecule has 0 amide bonds. The van der Waals surface area contributed by atoms with E-state index in [1.165, 1.54) is 16.5 Å². The fraction of sp³-hybridized carbons (Fsp3) is 0.111. The minimum absolute atomic E-state index is 1.06. The molecule has 3 nitrogen and oxygen atoms in total. The van der Waals surface area contributed by atoms with E-state index in [-0.39, 0.29) is 0 Å². The number of aryl methyl sites for hydroxylation is 2. The molecule has 0 saturated heterocycles. The zero-order valence-corrected chi connectivity index (χ0v) is 12.2. The lowest BCUT2D eigenvalue weighted by Gasteiger charge is -1.95. The van der Waals surface area contributed by atoms with Crippen molar-refractivity contribution in [1.29, 1.82) is 0 Å². The van der Waals surface area contributed by atoms with E-state index in [0.29, 0.717) is 0 Å². The topological polar surface area (TPSA) is 30.7 Å². The molecule has 4 rings (SSSR count). The molecule has 2 aromatic heterocycles. The van der Waals surface area contributed by atoms with Gasteiger partial charge in [-0.2, -0.15) is 0 Å². The number of imidazole rings is 1. The van der Waals surface area contributed by atoms with Crippen LogP contribution >= 0.6 is 0 Å². The lowest BCUT2D eigenvalue weighted by molar-refractivity contribution is 0.948. The van der Waals surface area contributed by atoms with E-state index in [0.717, 1.165) is 11.0 Å². The Balaban J connectivity index is 0.000000126. The molecule has 0 saturated carbocycles. The van der Waals surface area contributed by atoms with Gasteiger partial charge in [-0.15, -0.1) is 0 Å². The van der Waals surface area contributed by atoms with E-state index in [1.807, 2.05) is 54.5 Å². The number of fused-ring (bicyclic) bond motifs is 2. The second-order valence-electron chi connectivity index (χ2n) is 5.04. The summed E-state index contributed by atoms with van der Waals surface area (Å²) in [7, 11) is 2.00. The quantitative estimate of drug-likeness (QED) is 0.483. The molecule has 0 aliphatic heterocycles. The van der Waals surface area contributed by atoms with Gasteiger partial charge in [0.25, 0.3) is 0 Å². The number of nitrogens with zero attached hydrogens (tertiary/aromatic N) is 3. The fourth-order valence-electron chi connectivity index (χ4n) is 2.28. The highest BCUT2D eigenvalue weighted by Gasteiger charge is 1.94. The Morgan fingerprint density at radius 1 is 0.857 bits per heavy atom. The van der Waals surface area contributed by atoms with Crippen LogP contribution < -0.4 is 0 Å². The first-order valence-electron chi connectivity index (χ1n) is 6.91. The molecule has 0 radical (unpaired) electrons. The molecular weight excluding hydrogens is 258 g/mol. The maximum absolute atomic E-state index is 4.22. The molecule has 3 heteroatoms. The van der Waals surface area contributed by atoms with Gasteiger partial charge in [-0.05, 0) is 37.3 Å². The molecule has 2 aromatic carbocycles. The SMILES string of the molecule is Cc1ccc2ncccc2c1.Cn1cnc2ccccc21. The maximum atomic E-state index is 4.22. The van der Waals surface area contributed by atoms with Crippen LogP contribution in [0.1, 0.15) is 5.56 Å². The summed E-state index contributed by atoms with van der Waals surface area (Å²) in [5.74, 6) is 0. The first-order chi connectivity index (χ1) is 10.2. The largest absolute Gasteiger partial charge is 0.334 e. The van der Waals surface area contributed by atoms with Crippen LogP contribution in [0, 0.1) is 6.92 Å². The third-order valence-electron chi connectivity index (χ3n) is 3.39. The van der Waals surface area contributed by atoms with Crippen LogP contribution in [0.15, 0.2) is 67.1 Å². The van der Waals surface area contributed by atoms with Gasteiger partial charge >= 0.3 is 0 Å². The molecule has 0 bridgehead atoms. The summed E-state index contributed by atoms with van der Waals surface area (Å²) in [5.41, 5.74) is 4.59. The lowest BCUT2D eigenvalue weighted by Crippen LogP contribution is -1.81. The summed E-state index contributed by atoms with van der Waals surface area (Å²) in [4.78, 5) is 8.40.